The van der Waals surface area contributed by atoms with Gasteiger partial charge in [-0.2, -0.15) is 0 Å². The van der Waals surface area contributed by atoms with Crippen molar-refractivity contribution in [3.63, 3.8) is 0 Å². The Balaban J connectivity index is 1.91. The molecule has 1 heterocycles. The van der Waals surface area contributed by atoms with Crippen molar-refractivity contribution in [3.8, 4) is 11.5 Å². The van der Waals surface area contributed by atoms with Crippen molar-refractivity contribution < 1.29 is 4.74 Å². The van der Waals surface area contributed by atoms with Gasteiger partial charge in [-0.3, -0.25) is 4.79 Å². The highest BCUT2D eigenvalue weighted by atomic mass is 16.5. The molecule has 3 heteroatoms. The number of fused-ring (bicyclic) bond motifs is 2. The lowest BCUT2D eigenvalue weighted by molar-refractivity contribution is 0.487. The summed E-state index contributed by atoms with van der Waals surface area (Å²) in [5.41, 5.74) is 2.96. The number of ether oxygens (including phenoxy) is 1. The topological polar surface area (TPSA) is 42.1 Å². The number of aromatic amines is 1. The molecule has 21 heavy (non-hydrogen) atoms. The lowest BCUT2D eigenvalue weighted by Gasteiger charge is -2.10. The van der Waals surface area contributed by atoms with Gasteiger partial charge in [-0.15, -0.1) is 0 Å². The van der Waals surface area contributed by atoms with E-state index in [0.29, 0.717) is 11.1 Å². The summed E-state index contributed by atoms with van der Waals surface area (Å²) < 4.78 is 5.94. The Morgan fingerprint density at radius 2 is 1.81 bits per heavy atom. The Kier molecular flexibility index (Phi) is 2.78. The van der Waals surface area contributed by atoms with Crippen molar-refractivity contribution in [1.82, 2.24) is 4.98 Å². The highest BCUT2D eigenvalue weighted by molar-refractivity contribution is 5.85. The average molecular weight is 277 g/mol. The molecule has 3 nitrogen and oxygen atoms in total. The minimum Gasteiger partial charge on any atom is -0.455 e. The number of hydrogen-bond acceptors (Lipinski definition) is 2. The largest absolute Gasteiger partial charge is 0.455 e. The first kappa shape index (κ1) is 12.2. The molecule has 0 fully saturated rings. The molecule has 1 aliphatic rings. The summed E-state index contributed by atoms with van der Waals surface area (Å²) in [6.07, 6.45) is 2.87. The average Bonchev–Trinajstić information content (AvgIpc) is 2.98. The Hall–Kier alpha value is -2.55. The van der Waals surface area contributed by atoms with Crippen molar-refractivity contribution >= 4 is 10.9 Å². The Morgan fingerprint density at radius 1 is 0.952 bits per heavy atom. The van der Waals surface area contributed by atoms with Gasteiger partial charge in [0.1, 0.15) is 5.75 Å². The van der Waals surface area contributed by atoms with Crippen molar-refractivity contribution in [1.29, 1.82) is 0 Å². The van der Waals surface area contributed by atoms with Crippen molar-refractivity contribution in [2.45, 2.75) is 19.3 Å². The van der Waals surface area contributed by atoms with Gasteiger partial charge in [0, 0.05) is 16.6 Å². The number of aryl methyl sites for hydroxylation is 1. The van der Waals surface area contributed by atoms with Crippen LogP contribution < -0.4 is 10.2 Å². The summed E-state index contributed by atoms with van der Waals surface area (Å²) in [7, 11) is 0. The normalized spacial score (nSPS) is 13.3. The van der Waals surface area contributed by atoms with E-state index in [0.717, 1.165) is 41.8 Å². The highest BCUT2D eigenvalue weighted by Gasteiger charge is 2.18. The second-order valence-corrected chi connectivity index (χ2v) is 5.36. The third-order valence-electron chi connectivity index (χ3n) is 4.01. The Bertz CT molecular complexity index is 866. The molecule has 0 radical (unpaired) electrons. The quantitative estimate of drug-likeness (QED) is 0.774. The van der Waals surface area contributed by atoms with Gasteiger partial charge in [0.15, 0.2) is 11.2 Å². The number of rotatable bonds is 2. The molecule has 0 atom stereocenters. The molecule has 0 bridgehead atoms. The van der Waals surface area contributed by atoms with Crippen LogP contribution in [0, 0.1) is 0 Å². The molecule has 0 spiro atoms. The van der Waals surface area contributed by atoms with Gasteiger partial charge in [0.25, 0.3) is 0 Å². The van der Waals surface area contributed by atoms with E-state index in [-0.39, 0.29) is 5.43 Å². The fourth-order valence-corrected chi connectivity index (χ4v) is 3.00. The van der Waals surface area contributed by atoms with Gasteiger partial charge in [-0.05, 0) is 43.5 Å². The first-order valence-corrected chi connectivity index (χ1v) is 7.22. The SMILES string of the molecule is O=c1c2c([nH]c3c(Oc4ccccc4)cccc13)CCC2. The van der Waals surface area contributed by atoms with E-state index in [1.54, 1.807) is 0 Å². The molecule has 4 rings (SSSR count). The summed E-state index contributed by atoms with van der Waals surface area (Å²) in [4.78, 5) is 16.0. The van der Waals surface area contributed by atoms with Gasteiger partial charge in [0.05, 0.1) is 5.52 Å². The van der Waals surface area contributed by atoms with Gasteiger partial charge in [-0.25, -0.2) is 0 Å². The molecule has 0 unspecified atom stereocenters. The second-order valence-electron chi connectivity index (χ2n) is 5.36. The molecule has 0 saturated heterocycles. The summed E-state index contributed by atoms with van der Waals surface area (Å²) in [6, 6.07) is 15.3. The fraction of sp³-hybridized carbons (Fsp3) is 0.167. The van der Waals surface area contributed by atoms with Gasteiger partial charge < -0.3 is 9.72 Å². The van der Waals surface area contributed by atoms with E-state index in [1.807, 2.05) is 48.5 Å². The Morgan fingerprint density at radius 3 is 2.67 bits per heavy atom. The van der Waals surface area contributed by atoms with Crippen LogP contribution in [0.15, 0.2) is 53.3 Å². The molecule has 104 valence electrons. The predicted molar refractivity (Wildman–Crippen MR) is 83.1 cm³/mol. The van der Waals surface area contributed by atoms with E-state index >= 15 is 0 Å². The fourth-order valence-electron chi connectivity index (χ4n) is 3.00. The van der Waals surface area contributed by atoms with Crippen LogP contribution in [0.2, 0.25) is 0 Å². The molecular weight excluding hydrogens is 262 g/mol. The van der Waals surface area contributed by atoms with E-state index in [4.69, 9.17) is 4.74 Å². The maximum Gasteiger partial charge on any atom is 0.192 e. The van der Waals surface area contributed by atoms with E-state index in [1.165, 1.54) is 0 Å². The minimum atomic E-state index is 0.148. The van der Waals surface area contributed by atoms with Crippen molar-refractivity contribution in [2.24, 2.45) is 0 Å². The molecule has 0 saturated carbocycles. The number of para-hydroxylation sites is 2. The van der Waals surface area contributed by atoms with E-state index < -0.39 is 0 Å². The number of hydrogen-bond donors (Lipinski definition) is 1. The summed E-state index contributed by atoms with van der Waals surface area (Å²) in [5.74, 6) is 1.47. The summed E-state index contributed by atoms with van der Waals surface area (Å²) >= 11 is 0. The first-order chi connectivity index (χ1) is 10.3. The van der Waals surface area contributed by atoms with Crippen LogP contribution in [0.4, 0.5) is 0 Å². The van der Waals surface area contributed by atoms with Gasteiger partial charge in [0.2, 0.25) is 0 Å². The summed E-state index contributed by atoms with van der Waals surface area (Å²) in [5, 5.41) is 0.712. The van der Waals surface area contributed by atoms with Crippen LogP contribution in [0.3, 0.4) is 0 Å². The molecular formula is C18H15NO2. The lowest BCUT2D eigenvalue weighted by Crippen LogP contribution is -2.10. The van der Waals surface area contributed by atoms with Crippen molar-refractivity contribution in [2.75, 3.05) is 0 Å². The van der Waals surface area contributed by atoms with Gasteiger partial charge >= 0.3 is 0 Å². The van der Waals surface area contributed by atoms with Crippen molar-refractivity contribution in [3.05, 3.63) is 70.0 Å². The van der Waals surface area contributed by atoms with Crippen LogP contribution >= 0.6 is 0 Å². The molecule has 0 aliphatic heterocycles. The van der Waals surface area contributed by atoms with Crippen LogP contribution in [0.25, 0.3) is 10.9 Å². The highest BCUT2D eigenvalue weighted by Crippen LogP contribution is 2.29. The van der Waals surface area contributed by atoms with Crippen LogP contribution in [0.1, 0.15) is 17.7 Å². The summed E-state index contributed by atoms with van der Waals surface area (Å²) in [6.45, 7) is 0. The van der Waals surface area contributed by atoms with E-state index in [9.17, 15) is 4.79 Å². The zero-order chi connectivity index (χ0) is 14.2. The second kappa shape index (κ2) is 4.77. The maximum atomic E-state index is 12.5. The van der Waals surface area contributed by atoms with Crippen LogP contribution in [0.5, 0.6) is 11.5 Å². The molecule has 0 amide bonds. The predicted octanol–water partition coefficient (Wildman–Crippen LogP) is 3.81. The molecule has 2 aromatic carbocycles. The number of nitrogens with one attached hydrogen (secondary N) is 1. The molecule has 1 N–H and O–H groups in total. The standard InChI is InChI=1S/C18H15NO2/c20-18-13-8-4-10-15(13)19-17-14(18)9-5-11-16(17)21-12-6-2-1-3-7-12/h1-3,5-7,9,11H,4,8,10H2,(H,19,20). The zero-order valence-corrected chi connectivity index (χ0v) is 11.6. The van der Waals surface area contributed by atoms with Gasteiger partial charge in [-0.1, -0.05) is 24.3 Å². The Labute approximate surface area is 122 Å². The minimum absolute atomic E-state index is 0.148. The van der Waals surface area contributed by atoms with E-state index in [2.05, 4.69) is 4.98 Å². The number of pyridine rings is 1. The van der Waals surface area contributed by atoms with Crippen LogP contribution in [-0.4, -0.2) is 4.98 Å². The first-order valence-electron chi connectivity index (χ1n) is 7.22. The third kappa shape index (κ3) is 2.02. The smallest absolute Gasteiger partial charge is 0.192 e. The number of aromatic nitrogens is 1. The number of benzene rings is 2. The third-order valence-corrected chi connectivity index (χ3v) is 4.01. The molecule has 1 aromatic heterocycles. The molecule has 1 aliphatic carbocycles. The van der Waals surface area contributed by atoms with Crippen LogP contribution in [-0.2, 0) is 12.8 Å². The molecule has 3 aromatic rings. The lowest BCUT2D eigenvalue weighted by atomic mass is 10.1. The monoisotopic (exact) mass is 277 g/mol. The zero-order valence-electron chi connectivity index (χ0n) is 11.6. The maximum absolute atomic E-state index is 12.5. The number of H-pyrrole nitrogens is 1.